The third kappa shape index (κ3) is 5.31. The van der Waals surface area contributed by atoms with E-state index in [1.165, 1.54) is 5.39 Å². The van der Waals surface area contributed by atoms with Gasteiger partial charge in [-0.25, -0.2) is 0 Å². The molecule has 1 unspecified atom stereocenters. The Balaban J connectivity index is 1.13. The van der Waals surface area contributed by atoms with Crippen molar-refractivity contribution in [2.75, 3.05) is 0 Å². The van der Waals surface area contributed by atoms with Crippen LogP contribution >= 0.6 is 0 Å². The molecule has 6 heteroatoms. The molecule has 1 aromatic heterocycles. The van der Waals surface area contributed by atoms with Crippen molar-refractivity contribution in [1.82, 2.24) is 10.2 Å². The predicted molar refractivity (Wildman–Crippen MR) is 182 cm³/mol. The minimum absolute atomic E-state index is 0.238. The maximum absolute atomic E-state index is 6.35. The average molecular weight is 589 g/mol. The van der Waals surface area contributed by atoms with Gasteiger partial charge in [0, 0.05) is 16.7 Å². The first-order valence-electron chi connectivity index (χ1n) is 15.0. The molecule has 1 atom stereocenters. The van der Waals surface area contributed by atoms with E-state index in [4.69, 9.17) is 15.0 Å². The second-order valence-electron chi connectivity index (χ2n) is 11.3. The highest BCUT2D eigenvalue weighted by Gasteiger charge is 2.18. The first kappa shape index (κ1) is 28.0. The SMILES string of the molecule is Cc1cc(-c2ccc(-c3nnc(-c4cccc5ccccc45)o3)c(C)c2)ccc1/C(=N/N)OC(C)c1cccc2ccccc12. The Hall–Kier alpha value is -5.75. The van der Waals surface area contributed by atoms with Gasteiger partial charge < -0.3 is 15.0 Å². The Kier molecular flexibility index (Phi) is 7.31. The quantitative estimate of drug-likeness (QED) is 0.0905. The summed E-state index contributed by atoms with van der Waals surface area (Å²) in [5, 5.41) is 17.4. The summed E-state index contributed by atoms with van der Waals surface area (Å²) >= 11 is 0. The van der Waals surface area contributed by atoms with Crippen LogP contribution in [-0.2, 0) is 4.74 Å². The molecule has 6 aromatic carbocycles. The molecule has 0 amide bonds. The molecule has 2 N–H and O–H groups in total. The summed E-state index contributed by atoms with van der Waals surface area (Å²) in [5.41, 5.74) is 7.98. The Morgan fingerprint density at radius 1 is 0.667 bits per heavy atom. The summed E-state index contributed by atoms with van der Waals surface area (Å²) in [6, 6.07) is 41.3. The summed E-state index contributed by atoms with van der Waals surface area (Å²) in [6.07, 6.45) is -0.238. The number of hydrogen-bond acceptors (Lipinski definition) is 6. The molecule has 220 valence electrons. The van der Waals surface area contributed by atoms with E-state index >= 15 is 0 Å². The first-order valence-corrected chi connectivity index (χ1v) is 15.0. The maximum Gasteiger partial charge on any atom is 0.248 e. The lowest BCUT2D eigenvalue weighted by molar-refractivity contribution is 0.214. The maximum atomic E-state index is 6.35. The molecule has 0 bridgehead atoms. The Morgan fingerprint density at radius 2 is 1.27 bits per heavy atom. The van der Waals surface area contributed by atoms with Gasteiger partial charge in [0.2, 0.25) is 17.7 Å². The number of aromatic nitrogens is 2. The van der Waals surface area contributed by atoms with E-state index in [9.17, 15) is 0 Å². The zero-order valence-electron chi connectivity index (χ0n) is 25.4. The van der Waals surface area contributed by atoms with Crippen LogP contribution in [0.4, 0.5) is 0 Å². The van der Waals surface area contributed by atoms with Gasteiger partial charge in [-0.05, 0) is 88.3 Å². The highest BCUT2D eigenvalue weighted by Crippen LogP contribution is 2.33. The first-order chi connectivity index (χ1) is 22.0. The van der Waals surface area contributed by atoms with Crippen LogP contribution in [-0.4, -0.2) is 16.1 Å². The van der Waals surface area contributed by atoms with Crippen molar-refractivity contribution in [2.24, 2.45) is 10.9 Å². The van der Waals surface area contributed by atoms with Gasteiger partial charge in [0.05, 0.1) is 0 Å². The Morgan fingerprint density at radius 3 is 1.98 bits per heavy atom. The number of nitrogens with zero attached hydrogens (tertiary/aromatic N) is 3. The monoisotopic (exact) mass is 588 g/mol. The zero-order chi connectivity index (χ0) is 30.9. The Labute approximate surface area is 261 Å². The van der Waals surface area contributed by atoms with Crippen molar-refractivity contribution < 1.29 is 9.15 Å². The summed E-state index contributed by atoms with van der Waals surface area (Å²) in [5.74, 6) is 7.27. The molecule has 7 rings (SSSR count). The van der Waals surface area contributed by atoms with Crippen molar-refractivity contribution in [3.63, 3.8) is 0 Å². The summed E-state index contributed by atoms with van der Waals surface area (Å²) in [7, 11) is 0. The van der Waals surface area contributed by atoms with Crippen molar-refractivity contribution in [3.05, 3.63) is 144 Å². The fourth-order valence-electron chi connectivity index (χ4n) is 6.02. The standard InChI is InChI=1S/C39H32N4O2/c1-24-22-29(18-20-31(24)37(41-40)44-26(3)33-16-8-12-27-10-4-6-14-34(27)33)30-19-21-32(25(2)23-30)38-42-43-39(45-38)36-17-9-13-28-11-5-7-15-35(28)36/h4-23,26H,40H2,1-3H3/b41-37-. The molecular weight excluding hydrogens is 556 g/mol. The molecule has 45 heavy (non-hydrogen) atoms. The van der Waals surface area contributed by atoms with Gasteiger partial charge in [0.1, 0.15) is 6.10 Å². The van der Waals surface area contributed by atoms with Gasteiger partial charge in [0.15, 0.2) is 0 Å². The minimum Gasteiger partial charge on any atom is -0.468 e. The molecule has 6 nitrogen and oxygen atoms in total. The zero-order valence-corrected chi connectivity index (χ0v) is 25.4. The molecule has 1 heterocycles. The van der Waals surface area contributed by atoms with E-state index in [2.05, 4.69) is 89.0 Å². The highest BCUT2D eigenvalue weighted by molar-refractivity contribution is 5.97. The number of nitrogens with two attached hydrogens (primary N) is 1. The number of rotatable bonds is 6. The van der Waals surface area contributed by atoms with Gasteiger partial charge in [-0.2, -0.15) is 0 Å². The summed E-state index contributed by atoms with van der Waals surface area (Å²) < 4.78 is 12.5. The van der Waals surface area contributed by atoms with Crippen LogP contribution in [0.2, 0.25) is 0 Å². The number of hydrogen-bond donors (Lipinski definition) is 1. The van der Waals surface area contributed by atoms with Crippen LogP contribution in [0.25, 0.3) is 55.6 Å². The molecule has 0 aliphatic rings. The van der Waals surface area contributed by atoms with E-state index < -0.39 is 0 Å². The molecule has 0 saturated heterocycles. The molecular formula is C39H32N4O2. The van der Waals surface area contributed by atoms with Gasteiger partial charge in [-0.15, -0.1) is 15.3 Å². The molecule has 0 aliphatic carbocycles. The van der Waals surface area contributed by atoms with E-state index in [1.807, 2.05) is 68.4 Å². The van der Waals surface area contributed by atoms with Crippen LogP contribution in [0.5, 0.6) is 0 Å². The van der Waals surface area contributed by atoms with Gasteiger partial charge in [0.25, 0.3) is 0 Å². The smallest absolute Gasteiger partial charge is 0.248 e. The van der Waals surface area contributed by atoms with E-state index in [1.54, 1.807) is 0 Å². The molecule has 0 radical (unpaired) electrons. The summed E-state index contributed by atoms with van der Waals surface area (Å²) in [6.45, 7) is 6.13. The van der Waals surface area contributed by atoms with E-state index in [-0.39, 0.29) is 6.10 Å². The molecule has 0 saturated carbocycles. The highest BCUT2D eigenvalue weighted by atomic mass is 16.5. The van der Waals surface area contributed by atoms with Gasteiger partial charge >= 0.3 is 0 Å². The van der Waals surface area contributed by atoms with Crippen LogP contribution in [0.1, 0.15) is 35.3 Å². The van der Waals surface area contributed by atoms with Crippen molar-refractivity contribution in [3.8, 4) is 34.0 Å². The van der Waals surface area contributed by atoms with Crippen LogP contribution in [0.15, 0.2) is 131 Å². The Bertz CT molecular complexity index is 2210. The lowest BCUT2D eigenvalue weighted by atomic mass is 9.96. The van der Waals surface area contributed by atoms with Crippen molar-refractivity contribution in [2.45, 2.75) is 26.9 Å². The molecule has 7 aromatic rings. The molecule has 0 fully saturated rings. The fourth-order valence-corrected chi connectivity index (χ4v) is 6.02. The lowest BCUT2D eigenvalue weighted by Gasteiger charge is -2.19. The minimum atomic E-state index is -0.238. The largest absolute Gasteiger partial charge is 0.468 e. The van der Waals surface area contributed by atoms with Crippen molar-refractivity contribution in [1.29, 1.82) is 0 Å². The predicted octanol–water partition coefficient (Wildman–Crippen LogP) is 9.39. The topological polar surface area (TPSA) is 86.5 Å². The van der Waals surface area contributed by atoms with Gasteiger partial charge in [-0.3, -0.25) is 0 Å². The van der Waals surface area contributed by atoms with Crippen LogP contribution in [0.3, 0.4) is 0 Å². The third-order valence-electron chi connectivity index (χ3n) is 8.36. The lowest BCUT2D eigenvalue weighted by Crippen LogP contribution is -2.14. The van der Waals surface area contributed by atoms with E-state index in [0.29, 0.717) is 17.7 Å². The van der Waals surface area contributed by atoms with Crippen LogP contribution in [0, 0.1) is 13.8 Å². The number of hydrazone groups is 1. The van der Waals surface area contributed by atoms with E-state index in [0.717, 1.165) is 60.7 Å². The second kappa shape index (κ2) is 11.7. The number of fused-ring (bicyclic) bond motifs is 2. The number of benzene rings is 6. The van der Waals surface area contributed by atoms with Crippen LogP contribution < -0.4 is 5.84 Å². The average Bonchev–Trinajstić information content (AvgIpc) is 3.56. The van der Waals surface area contributed by atoms with Crippen molar-refractivity contribution >= 4 is 27.4 Å². The fraction of sp³-hybridized carbons (Fsp3) is 0.103. The number of ether oxygens (including phenoxy) is 1. The summed E-state index contributed by atoms with van der Waals surface area (Å²) in [4.78, 5) is 0. The second-order valence-corrected chi connectivity index (χ2v) is 11.3. The third-order valence-corrected chi connectivity index (χ3v) is 8.36. The number of aryl methyl sites for hydroxylation is 2. The van der Waals surface area contributed by atoms with Gasteiger partial charge in [-0.1, -0.05) is 103 Å². The molecule has 0 aliphatic heterocycles. The normalized spacial score (nSPS) is 12.5. The molecule has 0 spiro atoms.